The summed E-state index contributed by atoms with van der Waals surface area (Å²) in [6.07, 6.45) is 9.40. The summed E-state index contributed by atoms with van der Waals surface area (Å²) < 4.78 is 24.5. The van der Waals surface area contributed by atoms with Gasteiger partial charge in [-0.3, -0.25) is 4.90 Å². The molecule has 3 rings (SSSR count). The second-order valence-electron chi connectivity index (χ2n) is 7.31. The van der Waals surface area contributed by atoms with Crippen LogP contribution >= 0.6 is 0 Å². The van der Waals surface area contributed by atoms with Crippen molar-refractivity contribution in [3.63, 3.8) is 0 Å². The Morgan fingerprint density at radius 2 is 1.65 bits per heavy atom. The van der Waals surface area contributed by atoms with Gasteiger partial charge in [-0.2, -0.15) is 0 Å². The molecule has 0 bridgehead atoms. The summed E-state index contributed by atoms with van der Waals surface area (Å²) in [7, 11) is -3.02. The molecular weight excluding hydrogens is 272 g/mol. The van der Waals surface area contributed by atoms with Crippen LogP contribution in [0.2, 0.25) is 0 Å². The van der Waals surface area contributed by atoms with Crippen molar-refractivity contribution in [2.24, 2.45) is 17.6 Å². The lowest BCUT2D eigenvalue weighted by molar-refractivity contribution is 0.0898. The zero-order chi connectivity index (χ0) is 14.4. The van der Waals surface area contributed by atoms with Gasteiger partial charge < -0.3 is 5.73 Å². The first kappa shape index (κ1) is 14.8. The molecule has 0 heterocycles. The quantitative estimate of drug-likeness (QED) is 0.772. The monoisotopic (exact) mass is 300 g/mol. The van der Waals surface area contributed by atoms with Gasteiger partial charge in [0.15, 0.2) is 9.84 Å². The van der Waals surface area contributed by atoms with E-state index in [1.165, 1.54) is 31.9 Å². The Balaban J connectivity index is 1.85. The molecule has 0 saturated heterocycles. The predicted octanol–water partition coefficient (Wildman–Crippen LogP) is 1.40. The Morgan fingerprint density at radius 1 is 1.10 bits per heavy atom. The molecule has 0 aromatic heterocycles. The van der Waals surface area contributed by atoms with Gasteiger partial charge in [-0.25, -0.2) is 8.42 Å². The van der Waals surface area contributed by atoms with Crippen LogP contribution in [0.5, 0.6) is 0 Å². The summed E-state index contributed by atoms with van der Waals surface area (Å²) in [6.45, 7) is 2.63. The van der Waals surface area contributed by atoms with Crippen LogP contribution in [0.3, 0.4) is 0 Å². The topological polar surface area (TPSA) is 63.4 Å². The summed E-state index contributed by atoms with van der Waals surface area (Å²) in [6, 6.07) is 0. The SMILES string of the molecule is CS(=O)(=O)C1CCCC1(CN)N(CC1CC1)CC1CC1. The van der Waals surface area contributed by atoms with Gasteiger partial charge in [0, 0.05) is 31.4 Å². The second kappa shape index (κ2) is 5.25. The van der Waals surface area contributed by atoms with Crippen molar-refractivity contribution in [2.75, 3.05) is 25.9 Å². The van der Waals surface area contributed by atoms with Gasteiger partial charge in [0.05, 0.1) is 5.25 Å². The second-order valence-corrected chi connectivity index (χ2v) is 9.54. The van der Waals surface area contributed by atoms with Gasteiger partial charge in [-0.1, -0.05) is 6.42 Å². The summed E-state index contributed by atoms with van der Waals surface area (Å²) in [5, 5.41) is -0.252. The van der Waals surface area contributed by atoms with Crippen LogP contribution in [-0.4, -0.2) is 50.0 Å². The van der Waals surface area contributed by atoms with Gasteiger partial charge in [-0.15, -0.1) is 0 Å². The number of sulfone groups is 1. The Morgan fingerprint density at radius 3 is 2.05 bits per heavy atom. The molecular formula is C15H28N2O2S. The number of rotatable bonds is 7. The molecule has 3 fully saturated rings. The van der Waals surface area contributed by atoms with Gasteiger partial charge in [0.25, 0.3) is 0 Å². The van der Waals surface area contributed by atoms with Gasteiger partial charge in [-0.05, 0) is 50.4 Å². The van der Waals surface area contributed by atoms with Crippen LogP contribution in [0, 0.1) is 11.8 Å². The first-order chi connectivity index (χ1) is 9.45. The standard InChI is InChI=1S/C15H28N2O2S/c1-20(18,19)14-3-2-8-15(14,11-16)17(9-12-4-5-12)10-13-6-7-13/h12-14H,2-11,16H2,1H3. The highest BCUT2D eigenvalue weighted by Gasteiger charge is 2.52. The summed E-state index contributed by atoms with van der Waals surface area (Å²) in [5.74, 6) is 1.58. The van der Waals surface area contributed by atoms with E-state index in [4.69, 9.17) is 5.73 Å². The molecule has 0 aromatic carbocycles. The molecule has 2 N–H and O–H groups in total. The maximum absolute atomic E-state index is 12.2. The average molecular weight is 300 g/mol. The molecule has 0 spiro atoms. The Hall–Kier alpha value is -0.130. The van der Waals surface area contributed by atoms with Crippen LogP contribution in [0.15, 0.2) is 0 Å². The molecule has 5 heteroatoms. The fraction of sp³-hybridized carbons (Fsp3) is 1.00. The van der Waals surface area contributed by atoms with Crippen LogP contribution in [0.25, 0.3) is 0 Å². The molecule has 3 aliphatic carbocycles. The lowest BCUT2D eigenvalue weighted by Crippen LogP contribution is -2.61. The highest BCUT2D eigenvalue weighted by atomic mass is 32.2. The Labute approximate surface area is 123 Å². The maximum Gasteiger partial charge on any atom is 0.152 e. The lowest BCUT2D eigenvalue weighted by atomic mass is 9.93. The molecule has 2 unspecified atom stereocenters. The van der Waals surface area contributed by atoms with E-state index in [2.05, 4.69) is 4.90 Å². The van der Waals surface area contributed by atoms with Gasteiger partial charge in [0.1, 0.15) is 0 Å². The van der Waals surface area contributed by atoms with Gasteiger partial charge >= 0.3 is 0 Å². The molecule has 0 aliphatic heterocycles. The molecule has 4 nitrogen and oxygen atoms in total. The van der Waals surface area contributed by atoms with Crippen molar-refractivity contribution in [3.8, 4) is 0 Å². The van der Waals surface area contributed by atoms with Gasteiger partial charge in [0.2, 0.25) is 0 Å². The fourth-order valence-corrected chi connectivity index (χ4v) is 5.78. The van der Waals surface area contributed by atoms with Crippen LogP contribution in [-0.2, 0) is 9.84 Å². The van der Waals surface area contributed by atoms with Crippen molar-refractivity contribution in [1.29, 1.82) is 0 Å². The molecule has 3 saturated carbocycles. The third-order valence-electron chi connectivity index (χ3n) is 5.53. The lowest BCUT2D eigenvalue weighted by Gasteiger charge is -2.44. The summed E-state index contributed by atoms with van der Waals surface area (Å²) in [4.78, 5) is 2.50. The third-order valence-corrected chi connectivity index (χ3v) is 7.23. The zero-order valence-corrected chi connectivity index (χ0v) is 13.4. The molecule has 0 aromatic rings. The van der Waals surface area contributed by atoms with E-state index in [1.807, 2.05) is 0 Å². The van der Waals surface area contributed by atoms with Crippen LogP contribution in [0.4, 0.5) is 0 Å². The highest BCUT2D eigenvalue weighted by Crippen LogP contribution is 2.43. The summed E-state index contributed by atoms with van der Waals surface area (Å²) in [5.41, 5.74) is 5.86. The number of hydrogen-bond acceptors (Lipinski definition) is 4. The molecule has 20 heavy (non-hydrogen) atoms. The molecule has 3 aliphatic rings. The van der Waals surface area contributed by atoms with E-state index < -0.39 is 9.84 Å². The molecule has 0 amide bonds. The van der Waals surface area contributed by atoms with Crippen molar-refractivity contribution >= 4 is 9.84 Å². The molecule has 2 atom stereocenters. The number of hydrogen-bond donors (Lipinski definition) is 1. The third kappa shape index (κ3) is 2.90. The largest absolute Gasteiger partial charge is 0.329 e. The van der Waals surface area contributed by atoms with E-state index in [0.29, 0.717) is 6.54 Å². The van der Waals surface area contributed by atoms with Crippen molar-refractivity contribution in [1.82, 2.24) is 4.90 Å². The van der Waals surface area contributed by atoms with Crippen LogP contribution < -0.4 is 5.73 Å². The van der Waals surface area contributed by atoms with Crippen molar-refractivity contribution < 1.29 is 8.42 Å². The first-order valence-corrected chi connectivity index (χ1v) is 10.0. The Kier molecular flexibility index (Phi) is 3.89. The molecule has 116 valence electrons. The normalized spacial score (nSPS) is 34.9. The maximum atomic E-state index is 12.2. The van der Waals surface area contributed by atoms with E-state index in [1.54, 1.807) is 0 Å². The smallest absolute Gasteiger partial charge is 0.152 e. The minimum atomic E-state index is -3.02. The predicted molar refractivity (Wildman–Crippen MR) is 81.3 cm³/mol. The highest BCUT2D eigenvalue weighted by molar-refractivity contribution is 7.91. The average Bonchev–Trinajstić information content (AvgIpc) is 3.29. The minimum absolute atomic E-state index is 0.252. The van der Waals surface area contributed by atoms with Crippen LogP contribution in [0.1, 0.15) is 44.9 Å². The Bertz CT molecular complexity index is 442. The van der Waals surface area contributed by atoms with E-state index in [9.17, 15) is 8.42 Å². The number of nitrogens with two attached hydrogens (primary N) is 1. The zero-order valence-electron chi connectivity index (χ0n) is 12.6. The summed E-state index contributed by atoms with van der Waals surface area (Å²) >= 11 is 0. The van der Waals surface area contributed by atoms with E-state index >= 15 is 0 Å². The van der Waals surface area contributed by atoms with E-state index in [0.717, 1.165) is 44.2 Å². The minimum Gasteiger partial charge on any atom is -0.329 e. The van der Waals surface area contributed by atoms with Crippen molar-refractivity contribution in [3.05, 3.63) is 0 Å². The number of nitrogens with zero attached hydrogens (tertiary/aromatic N) is 1. The fourth-order valence-electron chi connectivity index (χ4n) is 4.02. The first-order valence-electron chi connectivity index (χ1n) is 8.10. The molecule has 0 radical (unpaired) electrons. The van der Waals surface area contributed by atoms with E-state index in [-0.39, 0.29) is 10.8 Å². The van der Waals surface area contributed by atoms with Crippen molar-refractivity contribution in [2.45, 2.75) is 55.7 Å².